The summed E-state index contributed by atoms with van der Waals surface area (Å²) >= 11 is 0. The first-order valence-electron chi connectivity index (χ1n) is 7.84. The van der Waals surface area contributed by atoms with Gasteiger partial charge < -0.3 is 4.74 Å². The molecule has 0 radical (unpaired) electrons. The number of fused-ring (bicyclic) bond motifs is 1. The largest absolute Gasteiger partial charge is 0.476 e. The van der Waals surface area contributed by atoms with Crippen molar-refractivity contribution in [3.63, 3.8) is 0 Å². The molecule has 0 atom stereocenters. The number of aromatic nitrogens is 4. The third-order valence-corrected chi connectivity index (χ3v) is 5.13. The maximum atomic E-state index is 12.0. The number of sulfonamides is 1. The molecule has 10 heteroatoms. The first kappa shape index (κ1) is 19.1. The maximum absolute atomic E-state index is 12.0. The van der Waals surface area contributed by atoms with Crippen LogP contribution in [0.3, 0.4) is 0 Å². The first-order chi connectivity index (χ1) is 11.5. The highest BCUT2D eigenvalue weighted by atomic mass is 32.2. The molecule has 2 aromatic heterocycles. The van der Waals surface area contributed by atoms with Gasteiger partial charge in [-0.05, 0) is 12.0 Å². The summed E-state index contributed by atoms with van der Waals surface area (Å²) < 4.78 is 33.1. The third-order valence-electron chi connectivity index (χ3n) is 3.37. The second-order valence-electron chi connectivity index (χ2n) is 7.04. The van der Waals surface area contributed by atoms with Crippen LogP contribution in [0.25, 0.3) is 5.65 Å². The summed E-state index contributed by atoms with van der Waals surface area (Å²) in [6.45, 7) is 8.77. The minimum absolute atomic E-state index is 0.110. The van der Waals surface area contributed by atoms with Gasteiger partial charge in [0, 0.05) is 17.9 Å². The highest BCUT2D eigenvalue weighted by Gasteiger charge is 2.28. The van der Waals surface area contributed by atoms with Gasteiger partial charge in [0.25, 0.3) is 0 Å². The summed E-state index contributed by atoms with van der Waals surface area (Å²) in [6, 6.07) is 1.85. The van der Waals surface area contributed by atoms with Gasteiger partial charge in [0.1, 0.15) is 6.33 Å². The molecule has 0 aliphatic carbocycles. The topological polar surface area (TPSA) is 116 Å². The lowest BCUT2D eigenvalue weighted by atomic mass is 9.98. The number of nitrogens with zero attached hydrogens (tertiary/aromatic N) is 4. The van der Waals surface area contributed by atoms with Gasteiger partial charge in [0.2, 0.25) is 21.8 Å². The molecule has 1 amide bonds. The van der Waals surface area contributed by atoms with Crippen LogP contribution >= 0.6 is 0 Å². The molecule has 0 aromatic carbocycles. The Morgan fingerprint density at radius 3 is 2.68 bits per heavy atom. The highest BCUT2D eigenvalue weighted by molar-refractivity contribution is 7.90. The molecular formula is C15H23N5O4S. The number of rotatable bonds is 7. The molecule has 138 valence electrons. The Morgan fingerprint density at radius 2 is 2.08 bits per heavy atom. The fraction of sp³-hybridized carbons (Fsp3) is 0.600. The van der Waals surface area contributed by atoms with Crippen LogP contribution < -0.4 is 9.46 Å². The molecule has 1 N–H and O–H groups in total. The fourth-order valence-electron chi connectivity index (χ4n) is 2.36. The molecule has 2 heterocycles. The number of hydrogen-bond donors (Lipinski definition) is 1. The van der Waals surface area contributed by atoms with Gasteiger partial charge in [0.05, 0.1) is 12.4 Å². The minimum Gasteiger partial charge on any atom is -0.476 e. The minimum atomic E-state index is -3.72. The molecule has 0 saturated carbocycles. The van der Waals surface area contributed by atoms with Gasteiger partial charge in [-0.1, -0.05) is 27.7 Å². The van der Waals surface area contributed by atoms with Crippen molar-refractivity contribution in [1.29, 1.82) is 0 Å². The van der Waals surface area contributed by atoms with Crippen LogP contribution in [0.1, 0.15) is 46.1 Å². The standard InChI is InChI=1S/C15H23N5O4S/c1-10(2)12-6-13-16-9-17-20(13)18-14(12)24-7-15(4,5)8-25(22,23)19-11(3)21/h6,9-10H,7-8H2,1-5H3,(H,19,21). The SMILES string of the molecule is CC(=O)NS(=O)(=O)CC(C)(C)COc1nn2ncnc2cc1C(C)C. The van der Waals surface area contributed by atoms with Crippen LogP contribution in [0.15, 0.2) is 12.4 Å². The molecule has 2 aromatic rings. The Morgan fingerprint density at radius 1 is 1.40 bits per heavy atom. The monoisotopic (exact) mass is 369 g/mol. The van der Waals surface area contributed by atoms with E-state index in [1.807, 2.05) is 24.6 Å². The van der Waals surface area contributed by atoms with E-state index in [4.69, 9.17) is 4.74 Å². The van der Waals surface area contributed by atoms with Crippen molar-refractivity contribution in [3.05, 3.63) is 18.0 Å². The van der Waals surface area contributed by atoms with Gasteiger partial charge in [-0.25, -0.2) is 13.4 Å². The van der Waals surface area contributed by atoms with E-state index in [1.54, 1.807) is 13.8 Å². The van der Waals surface area contributed by atoms with Crippen molar-refractivity contribution in [2.75, 3.05) is 12.4 Å². The average Bonchev–Trinajstić information content (AvgIpc) is 2.88. The third kappa shape index (κ3) is 5.12. The summed E-state index contributed by atoms with van der Waals surface area (Å²) in [6.07, 6.45) is 1.40. The van der Waals surface area contributed by atoms with Crippen LogP contribution in [0.4, 0.5) is 0 Å². The lowest BCUT2D eigenvalue weighted by Gasteiger charge is -2.25. The lowest BCUT2D eigenvalue weighted by Crippen LogP contribution is -2.38. The highest BCUT2D eigenvalue weighted by Crippen LogP contribution is 2.27. The second-order valence-corrected chi connectivity index (χ2v) is 8.76. The molecule has 0 bridgehead atoms. The van der Waals surface area contributed by atoms with Crippen molar-refractivity contribution in [2.24, 2.45) is 5.41 Å². The van der Waals surface area contributed by atoms with E-state index in [9.17, 15) is 13.2 Å². The van der Waals surface area contributed by atoms with Crippen LogP contribution in [0.5, 0.6) is 5.88 Å². The van der Waals surface area contributed by atoms with E-state index < -0.39 is 21.3 Å². The number of hydrogen-bond acceptors (Lipinski definition) is 7. The molecule has 2 rings (SSSR count). The number of ether oxygens (including phenoxy) is 1. The van der Waals surface area contributed by atoms with Gasteiger partial charge in [-0.3, -0.25) is 9.52 Å². The van der Waals surface area contributed by atoms with E-state index in [-0.39, 0.29) is 18.3 Å². The van der Waals surface area contributed by atoms with Crippen molar-refractivity contribution >= 4 is 21.6 Å². The van der Waals surface area contributed by atoms with Crippen LogP contribution in [0, 0.1) is 5.41 Å². The molecule has 0 spiro atoms. The quantitative estimate of drug-likeness (QED) is 0.777. The average molecular weight is 369 g/mol. The number of carbonyl (C=O) groups excluding carboxylic acids is 1. The maximum Gasteiger partial charge on any atom is 0.237 e. The Balaban J connectivity index is 2.17. The molecule has 0 aliphatic heterocycles. The molecule has 0 saturated heterocycles. The Bertz CT molecular complexity index is 873. The molecule has 0 aliphatic rings. The molecule has 0 fully saturated rings. The van der Waals surface area contributed by atoms with Crippen LogP contribution in [-0.2, 0) is 14.8 Å². The van der Waals surface area contributed by atoms with Gasteiger partial charge >= 0.3 is 0 Å². The zero-order chi connectivity index (χ0) is 18.8. The smallest absolute Gasteiger partial charge is 0.237 e. The van der Waals surface area contributed by atoms with E-state index in [2.05, 4.69) is 15.2 Å². The number of nitrogens with one attached hydrogen (secondary N) is 1. The van der Waals surface area contributed by atoms with E-state index in [1.165, 1.54) is 11.0 Å². The fourth-order valence-corrected chi connectivity index (χ4v) is 3.98. The van der Waals surface area contributed by atoms with Crippen molar-refractivity contribution in [3.8, 4) is 5.88 Å². The van der Waals surface area contributed by atoms with Crippen molar-refractivity contribution in [2.45, 2.75) is 40.5 Å². The van der Waals surface area contributed by atoms with Crippen molar-refractivity contribution < 1.29 is 17.9 Å². The first-order valence-corrected chi connectivity index (χ1v) is 9.49. The van der Waals surface area contributed by atoms with Crippen LogP contribution in [0.2, 0.25) is 0 Å². The Labute approximate surface area is 146 Å². The molecule has 0 unspecified atom stereocenters. The summed E-state index contributed by atoms with van der Waals surface area (Å²) in [5.41, 5.74) is 0.749. The van der Waals surface area contributed by atoms with Gasteiger partial charge in [0.15, 0.2) is 5.65 Å². The number of amides is 1. The zero-order valence-corrected chi connectivity index (χ0v) is 15.8. The Kier molecular flexibility index (Phi) is 5.31. The van der Waals surface area contributed by atoms with Gasteiger partial charge in [-0.15, -0.1) is 14.8 Å². The molecular weight excluding hydrogens is 346 g/mol. The van der Waals surface area contributed by atoms with Crippen molar-refractivity contribution in [1.82, 2.24) is 24.5 Å². The number of carbonyl (C=O) groups is 1. The predicted octanol–water partition coefficient (Wildman–Crippen LogP) is 1.12. The summed E-state index contributed by atoms with van der Waals surface area (Å²) in [7, 11) is -3.72. The van der Waals surface area contributed by atoms with E-state index in [0.29, 0.717) is 11.5 Å². The van der Waals surface area contributed by atoms with E-state index >= 15 is 0 Å². The summed E-state index contributed by atoms with van der Waals surface area (Å²) in [5.74, 6) is -0.326. The summed E-state index contributed by atoms with van der Waals surface area (Å²) in [4.78, 5) is 15.1. The molecule has 25 heavy (non-hydrogen) atoms. The van der Waals surface area contributed by atoms with E-state index in [0.717, 1.165) is 12.5 Å². The lowest BCUT2D eigenvalue weighted by molar-refractivity contribution is -0.117. The molecule has 9 nitrogen and oxygen atoms in total. The second kappa shape index (κ2) is 6.95. The predicted molar refractivity (Wildman–Crippen MR) is 91.8 cm³/mol. The van der Waals surface area contributed by atoms with Crippen LogP contribution in [-0.4, -0.2) is 46.5 Å². The summed E-state index contributed by atoms with van der Waals surface area (Å²) in [5, 5.41) is 8.29. The zero-order valence-electron chi connectivity index (χ0n) is 15.0. The Hall–Kier alpha value is -2.23. The normalized spacial score (nSPS) is 12.6. The van der Waals surface area contributed by atoms with Gasteiger partial charge in [-0.2, -0.15) is 0 Å².